The smallest absolute Gasteiger partial charge is 0.329 e. The largest absolute Gasteiger partial charge is 0.339 e. The Morgan fingerprint density at radius 3 is 2.44 bits per heavy atom. The summed E-state index contributed by atoms with van der Waals surface area (Å²) in [5.74, 6) is -0.131. The van der Waals surface area contributed by atoms with E-state index in [0.717, 1.165) is 12.8 Å². The van der Waals surface area contributed by atoms with E-state index in [1.54, 1.807) is 4.90 Å². The van der Waals surface area contributed by atoms with Crippen LogP contribution < -0.4 is 11.2 Å². The number of fused-ring (bicyclic) bond motifs is 1. The van der Waals surface area contributed by atoms with E-state index in [-0.39, 0.29) is 22.8 Å². The second kappa shape index (κ2) is 10.5. The van der Waals surface area contributed by atoms with Crippen LogP contribution in [-0.2, 0) is 17.8 Å². The minimum Gasteiger partial charge on any atom is -0.339 e. The fourth-order valence-electron chi connectivity index (χ4n) is 4.30. The molecule has 0 saturated carbocycles. The molecular weight excluding hydrogens is 434 g/mol. The van der Waals surface area contributed by atoms with Crippen LogP contribution in [0.25, 0.3) is 11.0 Å². The fraction of sp³-hybridized carbons (Fsp3) is 0.400. The van der Waals surface area contributed by atoms with E-state index in [1.165, 1.54) is 22.4 Å². The highest BCUT2D eigenvalue weighted by Crippen LogP contribution is 2.14. The van der Waals surface area contributed by atoms with Gasteiger partial charge in [0, 0.05) is 45.3 Å². The molecule has 0 bridgehead atoms. The summed E-state index contributed by atoms with van der Waals surface area (Å²) in [6, 6.07) is 11.6. The SMILES string of the molecule is CCCn1c(=O)[nH]c(=O)c2cc(C(=O)N3CCN(C(=O)CCCc4ccccc4)CC3)cnc21. The van der Waals surface area contributed by atoms with Gasteiger partial charge < -0.3 is 9.80 Å². The summed E-state index contributed by atoms with van der Waals surface area (Å²) in [5.41, 5.74) is 0.733. The van der Waals surface area contributed by atoms with E-state index in [1.807, 2.05) is 30.0 Å². The number of hydrogen-bond donors (Lipinski definition) is 1. The molecule has 1 saturated heterocycles. The van der Waals surface area contributed by atoms with Crippen LogP contribution in [-0.4, -0.2) is 62.3 Å². The predicted molar refractivity (Wildman–Crippen MR) is 129 cm³/mol. The Morgan fingerprint density at radius 2 is 1.74 bits per heavy atom. The van der Waals surface area contributed by atoms with Gasteiger partial charge in [-0.3, -0.25) is 23.9 Å². The minimum atomic E-state index is -0.555. The maximum absolute atomic E-state index is 13.0. The number of benzene rings is 1. The first-order valence-electron chi connectivity index (χ1n) is 11.7. The lowest BCUT2D eigenvalue weighted by molar-refractivity contribution is -0.132. The normalized spacial score (nSPS) is 13.9. The number of pyridine rings is 1. The van der Waals surface area contributed by atoms with Crippen molar-refractivity contribution >= 4 is 22.8 Å². The molecule has 0 radical (unpaired) electrons. The standard InChI is InChI=1S/C25H29N5O4/c1-2-11-30-22-20(23(32)27-25(30)34)16-19(17-26-22)24(33)29-14-12-28(13-15-29)21(31)10-6-9-18-7-4-3-5-8-18/h3-5,7-8,16-17H,2,6,9-15H2,1H3,(H,27,32,34). The zero-order valence-corrected chi connectivity index (χ0v) is 19.3. The Balaban J connectivity index is 1.37. The number of aromatic nitrogens is 3. The number of nitrogens with one attached hydrogen (secondary N) is 1. The fourth-order valence-corrected chi connectivity index (χ4v) is 4.30. The van der Waals surface area contributed by atoms with E-state index in [9.17, 15) is 19.2 Å². The highest BCUT2D eigenvalue weighted by Gasteiger charge is 2.25. The van der Waals surface area contributed by atoms with Crippen molar-refractivity contribution < 1.29 is 9.59 Å². The van der Waals surface area contributed by atoms with Gasteiger partial charge in [0.25, 0.3) is 11.5 Å². The minimum absolute atomic E-state index is 0.107. The summed E-state index contributed by atoms with van der Waals surface area (Å²) in [4.78, 5) is 60.1. The molecule has 2 aromatic heterocycles. The van der Waals surface area contributed by atoms with Crippen LogP contribution in [0.2, 0.25) is 0 Å². The molecule has 1 aliphatic rings. The molecule has 3 heterocycles. The van der Waals surface area contributed by atoms with Crippen LogP contribution in [0.3, 0.4) is 0 Å². The third kappa shape index (κ3) is 5.08. The Morgan fingerprint density at radius 1 is 1.03 bits per heavy atom. The Labute approximate surface area is 197 Å². The number of carbonyl (C=O) groups excluding carboxylic acids is 2. The van der Waals surface area contributed by atoms with Gasteiger partial charge in [0.2, 0.25) is 5.91 Å². The maximum Gasteiger partial charge on any atom is 0.329 e. The van der Waals surface area contributed by atoms with Crippen LogP contribution in [0.4, 0.5) is 0 Å². The topological polar surface area (TPSA) is 108 Å². The molecule has 1 aromatic carbocycles. The number of nitrogens with zero attached hydrogens (tertiary/aromatic N) is 4. The maximum atomic E-state index is 13.0. The van der Waals surface area contributed by atoms with Crippen molar-refractivity contribution in [2.75, 3.05) is 26.2 Å². The van der Waals surface area contributed by atoms with Crippen molar-refractivity contribution in [3.05, 3.63) is 74.6 Å². The van der Waals surface area contributed by atoms with Gasteiger partial charge >= 0.3 is 5.69 Å². The Hall–Kier alpha value is -3.75. The lowest BCUT2D eigenvalue weighted by Crippen LogP contribution is -2.50. The number of amides is 2. The van der Waals surface area contributed by atoms with E-state index >= 15 is 0 Å². The molecule has 4 rings (SSSR count). The second-order valence-corrected chi connectivity index (χ2v) is 8.52. The lowest BCUT2D eigenvalue weighted by Gasteiger charge is -2.35. The number of rotatable bonds is 7. The van der Waals surface area contributed by atoms with E-state index < -0.39 is 11.2 Å². The molecule has 0 unspecified atom stereocenters. The van der Waals surface area contributed by atoms with E-state index in [4.69, 9.17) is 0 Å². The lowest BCUT2D eigenvalue weighted by atomic mass is 10.1. The highest BCUT2D eigenvalue weighted by molar-refractivity contribution is 5.97. The number of H-pyrrole nitrogens is 1. The summed E-state index contributed by atoms with van der Waals surface area (Å²) < 4.78 is 1.41. The molecule has 1 N–H and O–H groups in total. The van der Waals surface area contributed by atoms with Crippen LogP contribution in [0, 0.1) is 0 Å². The monoisotopic (exact) mass is 463 g/mol. The van der Waals surface area contributed by atoms with Crippen LogP contribution in [0.15, 0.2) is 52.2 Å². The summed E-state index contributed by atoms with van der Waals surface area (Å²) in [6.07, 6.45) is 4.27. The van der Waals surface area contributed by atoms with Crippen molar-refractivity contribution in [2.45, 2.75) is 39.2 Å². The Kier molecular flexibility index (Phi) is 7.20. The van der Waals surface area contributed by atoms with Gasteiger partial charge in [-0.15, -0.1) is 0 Å². The van der Waals surface area contributed by atoms with Crippen LogP contribution >= 0.6 is 0 Å². The second-order valence-electron chi connectivity index (χ2n) is 8.52. The third-order valence-corrected chi connectivity index (χ3v) is 6.15. The molecule has 9 nitrogen and oxygen atoms in total. The zero-order chi connectivity index (χ0) is 24.1. The van der Waals surface area contributed by atoms with Crippen molar-refractivity contribution in [1.29, 1.82) is 0 Å². The van der Waals surface area contributed by atoms with Crippen molar-refractivity contribution in [2.24, 2.45) is 0 Å². The van der Waals surface area contributed by atoms with Gasteiger partial charge in [-0.2, -0.15) is 0 Å². The number of aryl methyl sites for hydroxylation is 2. The van der Waals surface area contributed by atoms with Gasteiger partial charge in [-0.25, -0.2) is 9.78 Å². The number of hydrogen-bond acceptors (Lipinski definition) is 5. The highest BCUT2D eigenvalue weighted by atomic mass is 16.2. The Bertz CT molecular complexity index is 1290. The van der Waals surface area contributed by atoms with E-state index in [2.05, 4.69) is 22.1 Å². The van der Waals surface area contributed by atoms with Crippen molar-refractivity contribution in [1.82, 2.24) is 24.3 Å². The summed E-state index contributed by atoms with van der Waals surface area (Å²) in [5, 5.41) is 0.214. The van der Waals surface area contributed by atoms with Gasteiger partial charge in [-0.05, 0) is 30.9 Å². The summed E-state index contributed by atoms with van der Waals surface area (Å²) in [6.45, 7) is 4.16. The molecule has 3 aromatic rings. The molecule has 0 atom stereocenters. The molecule has 0 spiro atoms. The van der Waals surface area contributed by atoms with Gasteiger partial charge in [-0.1, -0.05) is 37.3 Å². The van der Waals surface area contributed by atoms with Crippen LogP contribution in [0.5, 0.6) is 0 Å². The summed E-state index contributed by atoms with van der Waals surface area (Å²) in [7, 11) is 0. The third-order valence-electron chi connectivity index (χ3n) is 6.15. The number of aromatic amines is 1. The average molecular weight is 464 g/mol. The van der Waals surface area contributed by atoms with Crippen LogP contribution in [0.1, 0.15) is 42.1 Å². The number of piperazine rings is 1. The molecule has 1 aliphatic heterocycles. The quantitative estimate of drug-likeness (QED) is 0.575. The number of carbonyl (C=O) groups is 2. The van der Waals surface area contributed by atoms with Crippen molar-refractivity contribution in [3.63, 3.8) is 0 Å². The first-order valence-corrected chi connectivity index (χ1v) is 11.7. The molecule has 1 fully saturated rings. The van der Waals surface area contributed by atoms with E-state index in [0.29, 0.717) is 51.1 Å². The molecule has 2 amide bonds. The first-order chi connectivity index (χ1) is 16.5. The molecule has 34 heavy (non-hydrogen) atoms. The summed E-state index contributed by atoms with van der Waals surface area (Å²) >= 11 is 0. The molecule has 178 valence electrons. The molecule has 9 heteroatoms. The molecule has 0 aliphatic carbocycles. The van der Waals surface area contributed by atoms with Gasteiger partial charge in [0.15, 0.2) is 0 Å². The van der Waals surface area contributed by atoms with Gasteiger partial charge in [0.1, 0.15) is 5.65 Å². The zero-order valence-electron chi connectivity index (χ0n) is 19.3. The van der Waals surface area contributed by atoms with Gasteiger partial charge in [0.05, 0.1) is 10.9 Å². The predicted octanol–water partition coefficient (Wildman–Crippen LogP) is 1.80. The first kappa shape index (κ1) is 23.4. The average Bonchev–Trinajstić information content (AvgIpc) is 2.86. The molecular formula is C25H29N5O4. The van der Waals surface area contributed by atoms with Crippen molar-refractivity contribution in [3.8, 4) is 0 Å².